The van der Waals surface area contributed by atoms with Crippen LogP contribution >= 0.6 is 66.7 Å². The highest BCUT2D eigenvalue weighted by molar-refractivity contribution is 9.10. The summed E-state index contributed by atoms with van der Waals surface area (Å²) in [4.78, 5) is 29.3. The fourth-order valence-corrected chi connectivity index (χ4v) is 2.29. The van der Waals surface area contributed by atoms with E-state index in [-0.39, 0.29) is 23.9 Å². The predicted molar refractivity (Wildman–Crippen MR) is 101 cm³/mol. The van der Waals surface area contributed by atoms with Crippen molar-refractivity contribution in [3.63, 3.8) is 0 Å². The molecule has 0 saturated heterocycles. The molecule has 2 rings (SSSR count). The summed E-state index contributed by atoms with van der Waals surface area (Å²) in [5.74, 6) is -0.538. The molecule has 2 aromatic rings. The van der Waals surface area contributed by atoms with Gasteiger partial charge in [-0.15, -0.1) is 0 Å². The summed E-state index contributed by atoms with van der Waals surface area (Å²) < 4.78 is 5.77. The molecule has 0 atom stereocenters. The maximum Gasteiger partial charge on any atom is 0.339 e. The van der Waals surface area contributed by atoms with Crippen LogP contribution in [0.5, 0.6) is 0 Å². The van der Waals surface area contributed by atoms with Crippen LogP contribution in [0.15, 0.2) is 33.5 Å². The van der Waals surface area contributed by atoms with E-state index in [9.17, 15) is 9.59 Å². The van der Waals surface area contributed by atoms with Crippen LogP contribution < -0.4 is 0 Å². The van der Waals surface area contributed by atoms with Crippen LogP contribution in [0.1, 0.15) is 20.7 Å². The molecule has 11 heteroatoms. The molecule has 0 aliphatic rings. The van der Waals surface area contributed by atoms with E-state index in [0.29, 0.717) is 19.7 Å². The summed E-state index contributed by atoms with van der Waals surface area (Å²) in [6.07, 6.45) is 2.63. The van der Waals surface area contributed by atoms with Crippen molar-refractivity contribution in [3.8, 4) is 0 Å². The Morgan fingerprint density at radius 1 is 1.04 bits per heavy atom. The van der Waals surface area contributed by atoms with E-state index >= 15 is 0 Å². The van der Waals surface area contributed by atoms with E-state index in [1.54, 1.807) is 0 Å². The van der Waals surface area contributed by atoms with Crippen LogP contribution in [-0.2, 0) is 4.74 Å². The predicted octanol–water partition coefficient (Wildman–Crippen LogP) is 4.52. The maximum atomic E-state index is 11.2. The van der Waals surface area contributed by atoms with Gasteiger partial charge >= 0.3 is 5.97 Å². The molecule has 2 aromatic heterocycles. The van der Waals surface area contributed by atoms with E-state index in [1.807, 2.05) is 0 Å². The summed E-state index contributed by atoms with van der Waals surface area (Å²) >= 11 is 22.6. The van der Waals surface area contributed by atoms with Crippen molar-refractivity contribution in [3.05, 3.63) is 54.9 Å². The molecule has 0 aromatic carbocycles. The number of nitrogens with zero attached hydrogens (tertiary/aromatic N) is 2. The number of pyridine rings is 2. The topological polar surface area (TPSA) is 89.4 Å². The number of carbonyl (C=O) groups is 2. The second kappa shape index (κ2) is 11.1. The molecule has 0 spiro atoms. The van der Waals surface area contributed by atoms with Crippen molar-refractivity contribution in [2.24, 2.45) is 0 Å². The summed E-state index contributed by atoms with van der Waals surface area (Å²) in [6, 6.07) is 3.03. The van der Waals surface area contributed by atoms with Gasteiger partial charge in [0.15, 0.2) is 0 Å². The molecule has 0 saturated carbocycles. The zero-order chi connectivity index (χ0) is 19.0. The third-order valence-corrected chi connectivity index (χ3v) is 4.87. The number of halogens is 5. The minimum absolute atomic E-state index is 0.0287. The molecule has 0 radical (unpaired) electrons. The number of aliphatic hydroxyl groups excluding tert-OH is 1. The normalized spacial score (nSPS) is 9.84. The first kappa shape index (κ1) is 22.3. The molecule has 134 valence electrons. The van der Waals surface area contributed by atoms with Crippen molar-refractivity contribution in [1.82, 2.24) is 9.97 Å². The van der Waals surface area contributed by atoms with Gasteiger partial charge in [0.05, 0.1) is 26.7 Å². The van der Waals surface area contributed by atoms with Gasteiger partial charge in [0, 0.05) is 12.4 Å². The first-order valence-corrected chi connectivity index (χ1v) is 9.08. The average molecular weight is 535 g/mol. The number of aliphatic hydroxyl groups is 1. The van der Waals surface area contributed by atoms with Gasteiger partial charge in [-0.25, -0.2) is 14.8 Å². The average Bonchev–Trinajstić information content (AvgIpc) is 2.58. The third-order valence-electron chi connectivity index (χ3n) is 2.38. The fraction of sp³-hybridized carbons (Fsp3) is 0.143. The molecular formula is C14H9Br2Cl3N2O4. The van der Waals surface area contributed by atoms with Crippen LogP contribution in [0.2, 0.25) is 10.3 Å². The number of carbonyl (C=O) groups excluding carboxylic acids is 2. The van der Waals surface area contributed by atoms with Crippen molar-refractivity contribution in [1.29, 1.82) is 0 Å². The lowest BCUT2D eigenvalue weighted by Gasteiger charge is -2.02. The van der Waals surface area contributed by atoms with Gasteiger partial charge in [0.25, 0.3) is 5.24 Å². The second-order valence-electron chi connectivity index (χ2n) is 4.13. The Kier molecular flexibility index (Phi) is 9.84. The SMILES string of the molecule is O=C(Cl)c1cnc(Cl)c(Br)c1.O=C(OCCO)c1cnc(Cl)c(Br)c1. The van der Waals surface area contributed by atoms with Crippen LogP contribution in [0.3, 0.4) is 0 Å². The van der Waals surface area contributed by atoms with E-state index in [4.69, 9.17) is 39.9 Å². The van der Waals surface area contributed by atoms with Crippen molar-refractivity contribution >= 4 is 77.9 Å². The van der Waals surface area contributed by atoms with Gasteiger partial charge < -0.3 is 9.84 Å². The van der Waals surface area contributed by atoms with E-state index in [2.05, 4.69) is 46.6 Å². The minimum atomic E-state index is -0.546. The summed E-state index contributed by atoms with van der Waals surface area (Å²) in [6.45, 7) is -0.229. The largest absolute Gasteiger partial charge is 0.460 e. The smallest absolute Gasteiger partial charge is 0.339 e. The lowest BCUT2D eigenvalue weighted by atomic mass is 10.3. The Balaban J connectivity index is 0.000000257. The van der Waals surface area contributed by atoms with Crippen LogP contribution in [0, 0.1) is 0 Å². The molecule has 0 aliphatic carbocycles. The standard InChI is InChI=1S/C8H7BrClNO3.C6H2BrCl2NO/c9-6-3-5(4-11-7(6)10)8(13)14-2-1-12;7-4-1-3(6(9)11)2-10-5(4)8/h3-4,12H,1-2H2;1-2H. The molecule has 0 fully saturated rings. The van der Waals surface area contributed by atoms with E-state index in [1.165, 1.54) is 24.5 Å². The third kappa shape index (κ3) is 7.55. The number of hydrogen-bond donors (Lipinski definition) is 1. The molecule has 0 aliphatic heterocycles. The summed E-state index contributed by atoms with van der Waals surface area (Å²) in [5, 5.41) is 8.48. The first-order chi connectivity index (χ1) is 11.8. The Hall–Kier alpha value is -0.770. The molecule has 0 amide bonds. The Morgan fingerprint density at radius 3 is 1.96 bits per heavy atom. The molecule has 25 heavy (non-hydrogen) atoms. The van der Waals surface area contributed by atoms with Crippen molar-refractivity contribution in [2.45, 2.75) is 0 Å². The highest BCUT2D eigenvalue weighted by Gasteiger charge is 2.09. The highest BCUT2D eigenvalue weighted by atomic mass is 79.9. The zero-order valence-corrected chi connectivity index (χ0v) is 17.6. The monoisotopic (exact) mass is 532 g/mol. The van der Waals surface area contributed by atoms with Crippen molar-refractivity contribution in [2.75, 3.05) is 13.2 Å². The van der Waals surface area contributed by atoms with Gasteiger partial charge in [-0.3, -0.25) is 4.79 Å². The quantitative estimate of drug-likeness (QED) is 0.352. The molecule has 2 heterocycles. The van der Waals surface area contributed by atoms with Gasteiger partial charge in [0.1, 0.15) is 16.9 Å². The minimum Gasteiger partial charge on any atom is -0.460 e. The number of rotatable bonds is 4. The van der Waals surface area contributed by atoms with Gasteiger partial charge in [-0.2, -0.15) is 0 Å². The van der Waals surface area contributed by atoms with Gasteiger partial charge in [0.2, 0.25) is 0 Å². The van der Waals surface area contributed by atoms with Crippen LogP contribution in [0.25, 0.3) is 0 Å². The lowest BCUT2D eigenvalue weighted by Crippen LogP contribution is -2.09. The van der Waals surface area contributed by atoms with Crippen LogP contribution in [-0.4, -0.2) is 39.5 Å². The Bertz CT molecular complexity index is 778. The Morgan fingerprint density at radius 2 is 1.52 bits per heavy atom. The number of hydrogen-bond acceptors (Lipinski definition) is 6. The summed E-state index contributed by atoms with van der Waals surface area (Å²) in [7, 11) is 0. The zero-order valence-electron chi connectivity index (χ0n) is 12.2. The molecular weight excluding hydrogens is 526 g/mol. The molecule has 6 nitrogen and oxygen atoms in total. The molecule has 1 N–H and O–H groups in total. The fourth-order valence-electron chi connectivity index (χ4n) is 1.28. The summed E-state index contributed by atoms with van der Waals surface area (Å²) in [5.41, 5.74) is 0.609. The second-order valence-corrected chi connectivity index (χ2v) is 6.89. The first-order valence-electron chi connectivity index (χ1n) is 6.36. The Labute approximate surface area is 174 Å². The van der Waals surface area contributed by atoms with E-state index in [0.717, 1.165) is 0 Å². The van der Waals surface area contributed by atoms with Crippen molar-refractivity contribution < 1.29 is 19.4 Å². The highest BCUT2D eigenvalue weighted by Crippen LogP contribution is 2.21. The van der Waals surface area contributed by atoms with E-state index < -0.39 is 11.2 Å². The lowest BCUT2D eigenvalue weighted by molar-refractivity contribution is 0.0433. The maximum absolute atomic E-state index is 11.2. The molecule has 0 bridgehead atoms. The number of ether oxygens (including phenoxy) is 1. The van der Waals surface area contributed by atoms with Gasteiger partial charge in [-0.05, 0) is 55.6 Å². The van der Waals surface area contributed by atoms with Gasteiger partial charge in [-0.1, -0.05) is 23.2 Å². The van der Waals surface area contributed by atoms with Crippen LogP contribution in [0.4, 0.5) is 0 Å². The molecule has 0 unspecified atom stereocenters. The number of aromatic nitrogens is 2. The number of esters is 1.